The van der Waals surface area contributed by atoms with Crippen molar-refractivity contribution in [3.05, 3.63) is 22.4 Å². The Morgan fingerprint density at radius 2 is 2.24 bits per heavy atom. The van der Waals surface area contributed by atoms with Crippen molar-refractivity contribution in [1.29, 1.82) is 0 Å². The first-order valence-corrected chi connectivity index (χ1v) is 7.14. The van der Waals surface area contributed by atoms with Crippen molar-refractivity contribution in [1.82, 2.24) is 10.2 Å². The summed E-state index contributed by atoms with van der Waals surface area (Å²) < 4.78 is 0. The second kappa shape index (κ2) is 5.65. The van der Waals surface area contributed by atoms with Gasteiger partial charge in [-0.15, -0.1) is 0 Å². The van der Waals surface area contributed by atoms with E-state index in [0.717, 1.165) is 25.9 Å². The third-order valence-corrected chi connectivity index (χ3v) is 4.17. The van der Waals surface area contributed by atoms with Gasteiger partial charge in [-0.25, -0.2) is 0 Å². The highest BCUT2D eigenvalue weighted by Gasteiger charge is 2.21. The van der Waals surface area contributed by atoms with Crippen LogP contribution < -0.4 is 5.32 Å². The number of hydrogen-bond donors (Lipinski definition) is 1. The zero-order chi connectivity index (χ0) is 12.3. The number of rotatable bonds is 3. The van der Waals surface area contributed by atoms with Gasteiger partial charge in [-0.3, -0.25) is 4.79 Å². The molecule has 4 heteroatoms. The van der Waals surface area contributed by atoms with Gasteiger partial charge in [0.2, 0.25) is 5.91 Å². The second-order valence-corrected chi connectivity index (χ2v) is 5.51. The van der Waals surface area contributed by atoms with Crippen LogP contribution in [-0.4, -0.2) is 29.9 Å². The Morgan fingerprint density at radius 3 is 2.76 bits per heavy atom. The molecular formula is C13H20N2OS. The molecule has 0 bridgehead atoms. The lowest BCUT2D eigenvalue weighted by atomic mass is 10.0. The summed E-state index contributed by atoms with van der Waals surface area (Å²) in [7, 11) is 0. The van der Waals surface area contributed by atoms with Crippen LogP contribution >= 0.6 is 11.3 Å². The van der Waals surface area contributed by atoms with Gasteiger partial charge in [-0.2, -0.15) is 11.3 Å². The van der Waals surface area contributed by atoms with Crippen molar-refractivity contribution >= 4 is 17.2 Å². The van der Waals surface area contributed by atoms with E-state index >= 15 is 0 Å². The van der Waals surface area contributed by atoms with E-state index in [1.165, 1.54) is 5.56 Å². The van der Waals surface area contributed by atoms with Crippen LogP contribution in [0.25, 0.3) is 0 Å². The zero-order valence-electron chi connectivity index (χ0n) is 10.5. The van der Waals surface area contributed by atoms with Gasteiger partial charge in [0.25, 0.3) is 0 Å². The molecule has 94 valence electrons. The molecule has 1 saturated heterocycles. The first-order valence-electron chi connectivity index (χ1n) is 6.20. The van der Waals surface area contributed by atoms with Crippen molar-refractivity contribution < 1.29 is 4.79 Å². The fourth-order valence-corrected chi connectivity index (χ4v) is 3.09. The molecule has 2 rings (SSSR count). The smallest absolute Gasteiger partial charge is 0.219 e. The number of nitrogens with zero attached hydrogens (tertiary/aromatic N) is 1. The topological polar surface area (TPSA) is 32.3 Å². The molecule has 1 aromatic rings. The van der Waals surface area contributed by atoms with Crippen molar-refractivity contribution in [3.8, 4) is 0 Å². The molecule has 17 heavy (non-hydrogen) atoms. The van der Waals surface area contributed by atoms with Crippen molar-refractivity contribution in [2.24, 2.45) is 0 Å². The monoisotopic (exact) mass is 252 g/mol. The standard InChI is InChI=1S/C13H20N2OS/c1-10(12-5-8-17-9-12)14-13-3-6-15(7-4-13)11(2)16/h5,8-10,13-14H,3-4,6-7H2,1-2H3. The van der Waals surface area contributed by atoms with Crippen LogP contribution in [0, 0.1) is 0 Å². The molecule has 1 aliphatic heterocycles. The Hall–Kier alpha value is -0.870. The van der Waals surface area contributed by atoms with Gasteiger partial charge in [-0.1, -0.05) is 0 Å². The lowest BCUT2D eigenvalue weighted by molar-refractivity contribution is -0.129. The zero-order valence-corrected chi connectivity index (χ0v) is 11.3. The molecule has 1 atom stereocenters. The highest BCUT2D eigenvalue weighted by atomic mass is 32.1. The van der Waals surface area contributed by atoms with Crippen LogP contribution in [0.4, 0.5) is 0 Å². The number of amides is 1. The van der Waals surface area contributed by atoms with Crippen LogP contribution in [0.3, 0.4) is 0 Å². The van der Waals surface area contributed by atoms with Gasteiger partial charge in [-0.05, 0) is 42.2 Å². The minimum Gasteiger partial charge on any atom is -0.343 e. The van der Waals surface area contributed by atoms with Gasteiger partial charge in [0.15, 0.2) is 0 Å². The third-order valence-electron chi connectivity index (χ3n) is 3.47. The molecule has 0 saturated carbocycles. The molecule has 0 aromatic carbocycles. The molecule has 3 nitrogen and oxygen atoms in total. The van der Waals surface area contributed by atoms with Crippen LogP contribution in [0.15, 0.2) is 16.8 Å². The Bertz CT molecular complexity index is 356. The highest BCUT2D eigenvalue weighted by molar-refractivity contribution is 7.07. The van der Waals surface area contributed by atoms with Crippen LogP contribution in [0.2, 0.25) is 0 Å². The first kappa shape index (κ1) is 12.6. The maximum Gasteiger partial charge on any atom is 0.219 e. The average Bonchev–Trinajstić information content (AvgIpc) is 2.83. The summed E-state index contributed by atoms with van der Waals surface area (Å²) in [5, 5.41) is 7.96. The van der Waals surface area contributed by atoms with Crippen molar-refractivity contribution in [2.45, 2.75) is 38.8 Å². The molecule has 1 amide bonds. The maximum atomic E-state index is 11.2. The number of nitrogens with one attached hydrogen (secondary N) is 1. The fourth-order valence-electron chi connectivity index (χ4n) is 2.33. The van der Waals surface area contributed by atoms with Gasteiger partial charge < -0.3 is 10.2 Å². The molecule has 1 aliphatic rings. The highest BCUT2D eigenvalue weighted by Crippen LogP contribution is 2.19. The van der Waals surface area contributed by atoms with E-state index in [1.807, 2.05) is 4.90 Å². The molecule has 1 N–H and O–H groups in total. The third kappa shape index (κ3) is 3.30. The summed E-state index contributed by atoms with van der Waals surface area (Å²) in [5.74, 6) is 0.203. The predicted octanol–water partition coefficient (Wildman–Crippen LogP) is 2.41. The van der Waals surface area contributed by atoms with E-state index < -0.39 is 0 Å². The largest absolute Gasteiger partial charge is 0.343 e. The summed E-state index contributed by atoms with van der Waals surface area (Å²) in [6, 6.07) is 3.13. The van der Waals surface area contributed by atoms with E-state index in [2.05, 4.69) is 29.1 Å². The molecule has 1 unspecified atom stereocenters. The normalized spacial score (nSPS) is 19.3. The summed E-state index contributed by atoms with van der Waals surface area (Å²) in [4.78, 5) is 13.2. The SMILES string of the molecule is CC(=O)N1CCC(NC(C)c2ccsc2)CC1. The van der Waals surface area contributed by atoms with Gasteiger partial charge in [0, 0.05) is 32.1 Å². The minimum atomic E-state index is 0.203. The molecule has 2 heterocycles. The number of hydrogen-bond acceptors (Lipinski definition) is 3. The van der Waals surface area contributed by atoms with E-state index in [4.69, 9.17) is 0 Å². The van der Waals surface area contributed by atoms with E-state index in [1.54, 1.807) is 18.3 Å². The fraction of sp³-hybridized carbons (Fsp3) is 0.615. The lowest BCUT2D eigenvalue weighted by Gasteiger charge is -2.33. The quantitative estimate of drug-likeness (QED) is 0.896. The molecule has 0 aliphatic carbocycles. The number of carbonyl (C=O) groups is 1. The van der Waals surface area contributed by atoms with Crippen LogP contribution in [0.5, 0.6) is 0 Å². The summed E-state index contributed by atoms with van der Waals surface area (Å²) in [6.45, 7) is 5.65. The maximum absolute atomic E-state index is 11.2. The Morgan fingerprint density at radius 1 is 1.53 bits per heavy atom. The lowest BCUT2D eigenvalue weighted by Crippen LogP contribution is -2.44. The number of likely N-dealkylation sites (tertiary alicyclic amines) is 1. The van der Waals surface area contributed by atoms with E-state index in [0.29, 0.717) is 12.1 Å². The molecular weight excluding hydrogens is 232 g/mol. The number of carbonyl (C=O) groups excluding carboxylic acids is 1. The molecule has 0 radical (unpaired) electrons. The van der Waals surface area contributed by atoms with Crippen molar-refractivity contribution in [2.75, 3.05) is 13.1 Å². The van der Waals surface area contributed by atoms with Crippen molar-refractivity contribution in [3.63, 3.8) is 0 Å². The predicted molar refractivity (Wildman–Crippen MR) is 71.1 cm³/mol. The molecule has 1 aromatic heterocycles. The second-order valence-electron chi connectivity index (χ2n) is 4.73. The van der Waals surface area contributed by atoms with Crippen LogP contribution in [0.1, 0.15) is 38.3 Å². The summed E-state index contributed by atoms with van der Waals surface area (Å²) in [6.07, 6.45) is 2.13. The Labute approximate surface area is 107 Å². The molecule has 0 spiro atoms. The first-order chi connectivity index (χ1) is 8.16. The van der Waals surface area contributed by atoms with Gasteiger partial charge >= 0.3 is 0 Å². The number of piperidine rings is 1. The van der Waals surface area contributed by atoms with Gasteiger partial charge in [0.1, 0.15) is 0 Å². The van der Waals surface area contributed by atoms with Crippen LogP contribution in [-0.2, 0) is 4.79 Å². The minimum absolute atomic E-state index is 0.203. The Kier molecular flexibility index (Phi) is 4.18. The summed E-state index contributed by atoms with van der Waals surface area (Å²) >= 11 is 1.74. The average molecular weight is 252 g/mol. The van der Waals surface area contributed by atoms with E-state index in [-0.39, 0.29) is 5.91 Å². The number of thiophene rings is 1. The Balaban J connectivity index is 1.80. The summed E-state index contributed by atoms with van der Waals surface area (Å²) in [5.41, 5.74) is 1.36. The van der Waals surface area contributed by atoms with E-state index in [9.17, 15) is 4.79 Å². The molecule has 1 fully saturated rings. The van der Waals surface area contributed by atoms with Gasteiger partial charge in [0.05, 0.1) is 0 Å².